The molecule has 1 aromatic rings. The molecule has 1 spiro atoms. The number of hydrogen-bond acceptors (Lipinski definition) is 6. The monoisotopic (exact) mass is 354 g/mol. The van der Waals surface area contributed by atoms with E-state index in [1.807, 2.05) is 30.9 Å². The van der Waals surface area contributed by atoms with Crippen LogP contribution in [0.4, 0.5) is 5.69 Å². The summed E-state index contributed by atoms with van der Waals surface area (Å²) in [5.74, 6) is 0.593. The highest BCUT2D eigenvalue weighted by Gasteiger charge is 2.43. The third kappa shape index (κ3) is 2.71. The number of fused-ring (bicyclic) bond motifs is 1. The second kappa shape index (κ2) is 5.72. The van der Waals surface area contributed by atoms with E-state index >= 15 is 0 Å². The molecule has 1 aromatic carbocycles. The lowest BCUT2D eigenvalue weighted by atomic mass is 9.85. The van der Waals surface area contributed by atoms with Gasteiger partial charge in [-0.25, -0.2) is 4.99 Å². The molecule has 0 unspecified atom stereocenters. The van der Waals surface area contributed by atoms with E-state index in [-0.39, 0.29) is 17.4 Å². The number of nitrogens with one attached hydrogen (secondary N) is 1. The van der Waals surface area contributed by atoms with Gasteiger partial charge < -0.3 is 16.8 Å². The molecule has 0 saturated heterocycles. The van der Waals surface area contributed by atoms with Gasteiger partial charge in [-0.3, -0.25) is 9.69 Å². The summed E-state index contributed by atoms with van der Waals surface area (Å²) in [6.07, 6.45) is 5.92. The van der Waals surface area contributed by atoms with Crippen molar-refractivity contribution in [2.24, 2.45) is 21.5 Å². The molecular weight excluding hydrogens is 328 g/mol. The van der Waals surface area contributed by atoms with E-state index in [1.165, 1.54) is 6.42 Å². The Morgan fingerprint density at radius 1 is 1.15 bits per heavy atom. The van der Waals surface area contributed by atoms with E-state index in [4.69, 9.17) is 16.5 Å². The molecule has 0 aromatic heterocycles. The van der Waals surface area contributed by atoms with Crippen LogP contribution in [0.25, 0.3) is 0 Å². The normalized spacial score (nSPS) is 23.8. The maximum absolute atomic E-state index is 12.4. The number of nitrogens with zero attached hydrogens (tertiary/aromatic N) is 3. The van der Waals surface area contributed by atoms with Gasteiger partial charge in [0.1, 0.15) is 5.66 Å². The van der Waals surface area contributed by atoms with Crippen molar-refractivity contribution >= 4 is 23.5 Å². The lowest BCUT2D eigenvalue weighted by molar-refractivity contribution is 0.0897. The Morgan fingerprint density at radius 2 is 1.88 bits per heavy atom. The van der Waals surface area contributed by atoms with Gasteiger partial charge in [-0.15, -0.1) is 0 Å². The first kappa shape index (κ1) is 16.9. The summed E-state index contributed by atoms with van der Waals surface area (Å²) in [4.78, 5) is 23.3. The van der Waals surface area contributed by atoms with Gasteiger partial charge in [-0.1, -0.05) is 6.42 Å². The predicted molar refractivity (Wildman–Crippen MR) is 103 cm³/mol. The molecule has 7 nitrogen and oxygen atoms in total. The molecule has 5 N–H and O–H groups in total. The Labute approximate surface area is 153 Å². The fraction of sp³-hybridized carbons (Fsp3) is 0.526. The minimum Gasteiger partial charge on any atom is -0.369 e. The number of anilines is 1. The predicted octanol–water partition coefficient (Wildman–Crippen LogP) is 1.86. The average molecular weight is 354 g/mol. The number of amides is 1. The molecule has 2 heterocycles. The quantitative estimate of drug-likeness (QED) is 0.715. The summed E-state index contributed by atoms with van der Waals surface area (Å²) in [5.41, 5.74) is 14.2. The second-order valence-corrected chi connectivity index (χ2v) is 8.17. The molecule has 1 saturated carbocycles. The van der Waals surface area contributed by atoms with E-state index in [9.17, 15) is 4.79 Å². The Hall–Kier alpha value is -2.57. The first-order valence-electron chi connectivity index (χ1n) is 9.25. The fourth-order valence-electron chi connectivity index (χ4n) is 4.48. The highest BCUT2D eigenvalue weighted by Crippen LogP contribution is 2.40. The number of carbonyl (C=O) groups is 1. The van der Waals surface area contributed by atoms with Crippen LogP contribution in [0.1, 0.15) is 61.9 Å². The molecule has 1 amide bonds. The van der Waals surface area contributed by atoms with Crippen molar-refractivity contribution in [1.82, 2.24) is 5.32 Å². The van der Waals surface area contributed by atoms with Crippen molar-refractivity contribution in [2.45, 2.75) is 63.6 Å². The van der Waals surface area contributed by atoms with Gasteiger partial charge >= 0.3 is 0 Å². The topological polar surface area (TPSA) is 109 Å². The molecule has 26 heavy (non-hydrogen) atoms. The number of hydrogen-bond donors (Lipinski definition) is 3. The van der Waals surface area contributed by atoms with Gasteiger partial charge in [0.05, 0.1) is 0 Å². The second-order valence-electron chi connectivity index (χ2n) is 8.17. The summed E-state index contributed by atoms with van der Waals surface area (Å²) in [6.45, 7) is 4.07. The minimum atomic E-state index is -0.463. The van der Waals surface area contributed by atoms with Crippen molar-refractivity contribution in [3.63, 3.8) is 0 Å². The van der Waals surface area contributed by atoms with Crippen LogP contribution < -0.4 is 21.7 Å². The first-order chi connectivity index (χ1) is 12.3. The highest BCUT2D eigenvalue weighted by atomic mass is 16.1. The van der Waals surface area contributed by atoms with E-state index in [0.717, 1.165) is 48.9 Å². The van der Waals surface area contributed by atoms with E-state index in [2.05, 4.69) is 16.4 Å². The van der Waals surface area contributed by atoms with Crippen molar-refractivity contribution < 1.29 is 4.79 Å². The van der Waals surface area contributed by atoms with Crippen molar-refractivity contribution in [2.75, 3.05) is 4.90 Å². The number of carbonyl (C=O) groups excluding carboxylic acids is 1. The van der Waals surface area contributed by atoms with Crippen LogP contribution in [0, 0.1) is 0 Å². The molecule has 3 aliphatic rings. The molecular formula is C19H26N6O. The number of guanidine groups is 2. The Morgan fingerprint density at radius 3 is 2.62 bits per heavy atom. The van der Waals surface area contributed by atoms with Crippen LogP contribution in [0.3, 0.4) is 0 Å². The Balaban J connectivity index is 1.79. The maximum atomic E-state index is 12.4. The third-order valence-electron chi connectivity index (χ3n) is 5.53. The standard InChI is InChI=1S/C19H26N6O/c1-18(2)11-12-10-13(6-7-14(12)15(26)23-18)25-17(21)22-16(20)24-19(25)8-4-3-5-9-19/h6-7,10H,3-5,8-9,11H2,1-2H3,(H,23,26)(H4,20,21,22,24). The summed E-state index contributed by atoms with van der Waals surface area (Å²) in [5, 5.41) is 3.04. The van der Waals surface area contributed by atoms with Crippen LogP contribution in [0.5, 0.6) is 0 Å². The lowest BCUT2D eigenvalue weighted by Gasteiger charge is -2.46. The average Bonchev–Trinajstić information content (AvgIpc) is 2.53. The summed E-state index contributed by atoms with van der Waals surface area (Å²) in [6, 6.07) is 5.87. The van der Waals surface area contributed by atoms with Crippen LogP contribution in [-0.2, 0) is 6.42 Å². The number of aliphatic imine (C=N–C) groups is 2. The van der Waals surface area contributed by atoms with Crippen molar-refractivity contribution in [3.8, 4) is 0 Å². The molecule has 0 radical (unpaired) electrons. The fourth-order valence-corrected chi connectivity index (χ4v) is 4.48. The summed E-state index contributed by atoms with van der Waals surface area (Å²) in [7, 11) is 0. The van der Waals surface area contributed by atoms with Crippen LogP contribution in [-0.4, -0.2) is 29.0 Å². The van der Waals surface area contributed by atoms with E-state index in [0.29, 0.717) is 5.96 Å². The zero-order valence-electron chi connectivity index (χ0n) is 15.4. The summed E-state index contributed by atoms with van der Waals surface area (Å²) < 4.78 is 0. The Kier molecular flexibility index (Phi) is 3.71. The van der Waals surface area contributed by atoms with Gasteiger partial charge in [-0.05, 0) is 69.7 Å². The number of benzene rings is 1. The first-order valence-corrected chi connectivity index (χ1v) is 9.25. The zero-order valence-corrected chi connectivity index (χ0v) is 15.4. The largest absolute Gasteiger partial charge is 0.369 e. The van der Waals surface area contributed by atoms with Gasteiger partial charge in [-0.2, -0.15) is 4.99 Å². The van der Waals surface area contributed by atoms with Crippen LogP contribution in [0.15, 0.2) is 28.2 Å². The van der Waals surface area contributed by atoms with Crippen molar-refractivity contribution in [1.29, 1.82) is 0 Å². The minimum absolute atomic E-state index is 0.0299. The van der Waals surface area contributed by atoms with Gasteiger partial charge in [0, 0.05) is 16.8 Å². The lowest BCUT2D eigenvalue weighted by Crippen LogP contribution is -2.58. The van der Waals surface area contributed by atoms with E-state index in [1.54, 1.807) is 0 Å². The molecule has 7 heteroatoms. The smallest absolute Gasteiger partial charge is 0.251 e. The zero-order chi connectivity index (χ0) is 18.5. The number of rotatable bonds is 1. The van der Waals surface area contributed by atoms with Gasteiger partial charge in [0.25, 0.3) is 5.91 Å². The van der Waals surface area contributed by atoms with E-state index < -0.39 is 5.66 Å². The molecule has 0 bridgehead atoms. The third-order valence-corrected chi connectivity index (χ3v) is 5.53. The van der Waals surface area contributed by atoms with Gasteiger partial charge in [0.15, 0.2) is 0 Å². The van der Waals surface area contributed by atoms with Gasteiger partial charge in [0.2, 0.25) is 11.9 Å². The molecule has 4 rings (SSSR count). The molecule has 2 aliphatic heterocycles. The molecule has 1 aliphatic carbocycles. The van der Waals surface area contributed by atoms with Crippen molar-refractivity contribution in [3.05, 3.63) is 29.3 Å². The highest BCUT2D eigenvalue weighted by molar-refractivity contribution is 6.06. The summed E-state index contributed by atoms with van der Waals surface area (Å²) >= 11 is 0. The molecule has 1 fully saturated rings. The molecule has 0 atom stereocenters. The Bertz CT molecular complexity index is 819. The van der Waals surface area contributed by atoms with Crippen LogP contribution >= 0.6 is 0 Å². The maximum Gasteiger partial charge on any atom is 0.251 e. The SMILES string of the molecule is CC1(C)Cc2cc(N3C(N)=NC(N)=NC34CCCCC4)ccc2C(=O)N1. The number of nitrogens with two attached hydrogens (primary N) is 2. The molecule has 138 valence electrons. The van der Waals surface area contributed by atoms with Crippen LogP contribution in [0.2, 0.25) is 0 Å².